The molecule has 3 N–H and O–H groups in total. The molecular formula is C30H37N7O5S. The van der Waals surface area contributed by atoms with Crippen LogP contribution in [0.2, 0.25) is 0 Å². The van der Waals surface area contributed by atoms with Crippen LogP contribution in [-0.2, 0) is 14.8 Å². The first-order chi connectivity index (χ1) is 20.6. The highest BCUT2D eigenvalue weighted by molar-refractivity contribution is 7.92. The van der Waals surface area contributed by atoms with Gasteiger partial charge in [0, 0.05) is 29.6 Å². The Kier molecular flexibility index (Phi) is 10.3. The molecular weight excluding hydrogens is 570 g/mol. The molecule has 43 heavy (non-hydrogen) atoms. The van der Waals surface area contributed by atoms with Gasteiger partial charge < -0.3 is 25.0 Å². The molecule has 0 atom stereocenters. The van der Waals surface area contributed by atoms with Crippen LogP contribution in [0.3, 0.4) is 0 Å². The van der Waals surface area contributed by atoms with Crippen LogP contribution >= 0.6 is 0 Å². The molecule has 1 aromatic heterocycles. The van der Waals surface area contributed by atoms with Crippen LogP contribution in [0.25, 0.3) is 11.0 Å². The second-order valence-corrected chi connectivity index (χ2v) is 11.9. The summed E-state index contributed by atoms with van der Waals surface area (Å²) in [5.41, 5.74) is 1.99. The molecule has 0 spiro atoms. The van der Waals surface area contributed by atoms with E-state index in [1.54, 1.807) is 48.5 Å². The van der Waals surface area contributed by atoms with Crippen molar-refractivity contribution in [2.45, 2.75) is 11.3 Å². The number of hydrogen-bond acceptors (Lipinski definition) is 10. The first-order valence-corrected chi connectivity index (χ1v) is 15.1. The van der Waals surface area contributed by atoms with E-state index in [-0.39, 0.29) is 29.0 Å². The molecule has 0 aliphatic rings. The maximum atomic E-state index is 13.6. The van der Waals surface area contributed by atoms with Crippen LogP contribution in [-0.4, -0.2) is 89.1 Å². The van der Waals surface area contributed by atoms with Gasteiger partial charge in [-0.3, -0.25) is 14.4 Å². The lowest BCUT2D eigenvalue weighted by atomic mass is 10.2. The number of nitrogens with one attached hydrogen (secondary N) is 3. The molecule has 1 amide bonds. The summed E-state index contributed by atoms with van der Waals surface area (Å²) in [4.78, 5) is 25.8. The number of amides is 1. The largest absolute Gasteiger partial charge is 0.497 e. The fourth-order valence-corrected chi connectivity index (χ4v) is 5.34. The van der Waals surface area contributed by atoms with Crippen LogP contribution in [0.15, 0.2) is 71.6 Å². The first-order valence-electron chi connectivity index (χ1n) is 13.6. The highest BCUT2D eigenvalue weighted by atomic mass is 32.2. The van der Waals surface area contributed by atoms with Crippen molar-refractivity contribution in [1.29, 1.82) is 0 Å². The molecule has 0 unspecified atom stereocenters. The van der Waals surface area contributed by atoms with E-state index in [0.717, 1.165) is 19.5 Å². The van der Waals surface area contributed by atoms with Crippen molar-refractivity contribution in [3.8, 4) is 11.5 Å². The van der Waals surface area contributed by atoms with Crippen molar-refractivity contribution in [1.82, 2.24) is 19.8 Å². The Balaban J connectivity index is 1.56. The van der Waals surface area contributed by atoms with Gasteiger partial charge in [0.05, 0.1) is 36.7 Å². The third-order valence-corrected chi connectivity index (χ3v) is 7.74. The molecule has 228 valence electrons. The lowest BCUT2D eigenvalue weighted by Crippen LogP contribution is -2.32. The van der Waals surface area contributed by atoms with Gasteiger partial charge in [0.2, 0.25) is 5.91 Å². The van der Waals surface area contributed by atoms with Gasteiger partial charge in [-0.1, -0.05) is 18.2 Å². The van der Waals surface area contributed by atoms with Crippen LogP contribution in [0.1, 0.15) is 6.42 Å². The Hall–Kier alpha value is -4.46. The van der Waals surface area contributed by atoms with E-state index in [1.807, 2.05) is 32.1 Å². The van der Waals surface area contributed by atoms with Gasteiger partial charge >= 0.3 is 0 Å². The van der Waals surface area contributed by atoms with Gasteiger partial charge in [-0.15, -0.1) is 0 Å². The van der Waals surface area contributed by atoms with Gasteiger partial charge in [-0.25, -0.2) is 18.4 Å². The molecule has 0 aliphatic carbocycles. The average Bonchev–Trinajstić information content (AvgIpc) is 2.97. The third-order valence-electron chi connectivity index (χ3n) is 6.40. The van der Waals surface area contributed by atoms with E-state index in [4.69, 9.17) is 9.47 Å². The van der Waals surface area contributed by atoms with Crippen molar-refractivity contribution in [2.75, 3.05) is 70.4 Å². The molecule has 3 aromatic carbocycles. The number of likely N-dealkylation sites (N-methyl/N-ethyl adjacent to an activating group) is 1. The van der Waals surface area contributed by atoms with E-state index >= 15 is 0 Å². The number of methoxy groups -OCH3 is 2. The maximum Gasteiger partial charge on any atom is 0.263 e. The number of fused-ring (bicyclic) bond motifs is 1. The quantitative estimate of drug-likeness (QED) is 0.193. The summed E-state index contributed by atoms with van der Waals surface area (Å²) in [6, 6.07) is 18.4. The van der Waals surface area contributed by atoms with Crippen LogP contribution in [0.4, 0.5) is 23.0 Å². The predicted octanol–water partition coefficient (Wildman–Crippen LogP) is 4.01. The maximum absolute atomic E-state index is 13.6. The molecule has 4 rings (SSSR count). The Morgan fingerprint density at radius 1 is 0.814 bits per heavy atom. The van der Waals surface area contributed by atoms with Crippen molar-refractivity contribution in [2.24, 2.45) is 0 Å². The summed E-state index contributed by atoms with van der Waals surface area (Å²) >= 11 is 0. The molecule has 4 aromatic rings. The smallest absolute Gasteiger partial charge is 0.263 e. The Bertz CT molecular complexity index is 1660. The number of para-hydroxylation sites is 2. The number of nitrogens with zero attached hydrogens (tertiary/aromatic N) is 4. The number of anilines is 4. The highest BCUT2D eigenvalue weighted by Gasteiger charge is 2.20. The zero-order valence-electron chi connectivity index (χ0n) is 24.9. The molecule has 0 fully saturated rings. The SMILES string of the molecule is COc1cc(Nc2nc3ccccc3nc2NS(=O)(=O)c2cccc(NC(=O)CN(C)CCCN(C)C)c2)cc(OC)c1. The second-order valence-electron chi connectivity index (χ2n) is 10.2. The zero-order chi connectivity index (χ0) is 31.0. The van der Waals surface area contributed by atoms with Gasteiger partial charge in [0.25, 0.3) is 10.0 Å². The van der Waals surface area contributed by atoms with Gasteiger partial charge in [0.15, 0.2) is 11.6 Å². The van der Waals surface area contributed by atoms with Crippen molar-refractivity contribution < 1.29 is 22.7 Å². The van der Waals surface area contributed by atoms with Gasteiger partial charge in [-0.2, -0.15) is 0 Å². The number of benzene rings is 3. The van der Waals surface area contributed by atoms with E-state index in [0.29, 0.717) is 33.9 Å². The van der Waals surface area contributed by atoms with E-state index in [2.05, 4.69) is 30.2 Å². The fourth-order valence-electron chi connectivity index (χ4n) is 4.28. The minimum Gasteiger partial charge on any atom is -0.497 e. The Morgan fingerprint density at radius 2 is 1.47 bits per heavy atom. The summed E-state index contributed by atoms with van der Waals surface area (Å²) in [7, 11) is 4.82. The summed E-state index contributed by atoms with van der Waals surface area (Å²) in [6.45, 7) is 1.86. The number of aromatic nitrogens is 2. The molecule has 0 saturated carbocycles. The fraction of sp³-hybridized carbons (Fsp3) is 0.300. The summed E-state index contributed by atoms with van der Waals surface area (Å²) in [6.07, 6.45) is 0.927. The lowest BCUT2D eigenvalue weighted by molar-refractivity contribution is -0.117. The monoisotopic (exact) mass is 607 g/mol. The van der Waals surface area contributed by atoms with Gasteiger partial charge in [-0.05, 0) is 71.0 Å². The first kappa shape index (κ1) is 31.5. The number of ether oxygens (including phenoxy) is 2. The van der Waals surface area contributed by atoms with Crippen molar-refractivity contribution >= 4 is 50.0 Å². The summed E-state index contributed by atoms with van der Waals surface area (Å²) in [5.74, 6) is 1.01. The number of carbonyl (C=O) groups is 1. The summed E-state index contributed by atoms with van der Waals surface area (Å²) in [5, 5.41) is 5.93. The standard InChI is InChI=1S/C30H37N7O5S/c1-36(2)14-9-15-37(3)20-28(38)31-21-10-8-11-25(18-21)43(39,40)35-30-29(33-26-12-6-7-13-27(26)34-30)32-22-16-23(41-4)19-24(17-22)42-5/h6-8,10-13,16-19H,9,14-15,20H2,1-5H3,(H,31,38)(H,32,33)(H,34,35). The number of rotatable bonds is 14. The predicted molar refractivity (Wildman–Crippen MR) is 169 cm³/mol. The Morgan fingerprint density at radius 3 is 2.09 bits per heavy atom. The minimum atomic E-state index is -4.13. The average molecular weight is 608 g/mol. The second kappa shape index (κ2) is 14.1. The molecule has 0 radical (unpaired) electrons. The summed E-state index contributed by atoms with van der Waals surface area (Å²) < 4.78 is 40.4. The Labute approximate surface area is 252 Å². The lowest BCUT2D eigenvalue weighted by Gasteiger charge is -2.18. The van der Waals surface area contributed by atoms with E-state index < -0.39 is 10.0 Å². The zero-order valence-corrected chi connectivity index (χ0v) is 25.7. The molecule has 0 aliphatic heterocycles. The van der Waals surface area contributed by atoms with E-state index in [9.17, 15) is 13.2 Å². The number of sulfonamides is 1. The number of carbonyl (C=O) groups excluding carboxylic acids is 1. The molecule has 0 saturated heterocycles. The topological polar surface area (TPSA) is 138 Å². The third kappa shape index (κ3) is 8.77. The molecule has 12 nitrogen and oxygen atoms in total. The van der Waals surface area contributed by atoms with Gasteiger partial charge in [0.1, 0.15) is 11.5 Å². The molecule has 1 heterocycles. The molecule has 13 heteroatoms. The minimum absolute atomic E-state index is 0.00530. The van der Waals surface area contributed by atoms with Crippen LogP contribution in [0.5, 0.6) is 11.5 Å². The van der Waals surface area contributed by atoms with Crippen LogP contribution < -0.4 is 24.8 Å². The molecule has 0 bridgehead atoms. The van der Waals surface area contributed by atoms with Crippen molar-refractivity contribution in [3.63, 3.8) is 0 Å². The normalized spacial score (nSPS) is 11.5. The van der Waals surface area contributed by atoms with E-state index in [1.165, 1.54) is 26.4 Å². The van der Waals surface area contributed by atoms with Crippen LogP contribution in [0, 0.1) is 0 Å². The highest BCUT2D eigenvalue weighted by Crippen LogP contribution is 2.31. The van der Waals surface area contributed by atoms with Crippen molar-refractivity contribution in [3.05, 3.63) is 66.7 Å². The number of hydrogen-bond donors (Lipinski definition) is 3.